The SMILES string of the molecule is CN1CCC(CCC(=O)O)(CCC(=O)O)C1=O. The molecule has 0 aromatic rings. The van der Waals surface area contributed by atoms with E-state index < -0.39 is 17.4 Å². The Morgan fingerprint density at radius 1 is 1.24 bits per heavy atom. The molecule has 1 fully saturated rings. The Balaban J connectivity index is 2.74. The summed E-state index contributed by atoms with van der Waals surface area (Å²) in [5.74, 6) is -2.04. The zero-order chi connectivity index (χ0) is 13.1. The van der Waals surface area contributed by atoms with Crippen molar-refractivity contribution in [1.29, 1.82) is 0 Å². The molecule has 1 aliphatic heterocycles. The second kappa shape index (κ2) is 5.16. The Bertz CT molecular complexity index is 321. The van der Waals surface area contributed by atoms with Crippen molar-refractivity contribution in [3.05, 3.63) is 0 Å². The van der Waals surface area contributed by atoms with Crippen molar-refractivity contribution in [2.45, 2.75) is 32.1 Å². The molecule has 2 N–H and O–H groups in total. The van der Waals surface area contributed by atoms with Crippen molar-refractivity contribution in [1.82, 2.24) is 4.90 Å². The highest BCUT2D eigenvalue weighted by Crippen LogP contribution is 2.40. The normalized spacial score (nSPS) is 18.4. The lowest BCUT2D eigenvalue weighted by atomic mass is 9.77. The molecular formula is C11H17NO5. The van der Waals surface area contributed by atoms with Crippen molar-refractivity contribution < 1.29 is 24.6 Å². The van der Waals surface area contributed by atoms with E-state index in [1.165, 1.54) is 0 Å². The van der Waals surface area contributed by atoms with Crippen molar-refractivity contribution in [2.24, 2.45) is 5.41 Å². The largest absolute Gasteiger partial charge is 0.481 e. The number of likely N-dealkylation sites (tertiary alicyclic amines) is 1. The van der Waals surface area contributed by atoms with Crippen molar-refractivity contribution in [2.75, 3.05) is 13.6 Å². The third kappa shape index (κ3) is 3.18. The van der Waals surface area contributed by atoms with E-state index in [1.807, 2.05) is 0 Å². The number of amides is 1. The minimum Gasteiger partial charge on any atom is -0.481 e. The van der Waals surface area contributed by atoms with Gasteiger partial charge < -0.3 is 15.1 Å². The lowest BCUT2D eigenvalue weighted by Gasteiger charge is -2.25. The third-order valence-corrected chi connectivity index (χ3v) is 3.36. The summed E-state index contributed by atoms with van der Waals surface area (Å²) in [4.78, 5) is 34.7. The molecule has 0 saturated carbocycles. The second-order valence-electron chi connectivity index (χ2n) is 4.54. The summed E-state index contributed by atoms with van der Waals surface area (Å²) in [5, 5.41) is 17.4. The van der Waals surface area contributed by atoms with Crippen molar-refractivity contribution in [3.63, 3.8) is 0 Å². The Hall–Kier alpha value is -1.59. The van der Waals surface area contributed by atoms with Gasteiger partial charge in [0, 0.05) is 26.4 Å². The quantitative estimate of drug-likeness (QED) is 0.711. The summed E-state index contributed by atoms with van der Waals surface area (Å²) in [6.07, 6.45) is 0.791. The molecule has 1 rings (SSSR count). The molecule has 1 saturated heterocycles. The van der Waals surface area contributed by atoms with Crippen LogP contribution in [-0.2, 0) is 14.4 Å². The fraction of sp³-hybridized carbons (Fsp3) is 0.727. The lowest BCUT2D eigenvalue weighted by Crippen LogP contribution is -2.33. The maximum atomic E-state index is 12.0. The predicted molar refractivity (Wildman–Crippen MR) is 58.4 cm³/mol. The van der Waals surface area contributed by atoms with Gasteiger partial charge in [-0.15, -0.1) is 0 Å². The maximum absolute atomic E-state index is 12.0. The van der Waals surface area contributed by atoms with Gasteiger partial charge in [-0.3, -0.25) is 14.4 Å². The highest BCUT2D eigenvalue weighted by molar-refractivity contribution is 5.85. The molecule has 1 amide bonds. The van der Waals surface area contributed by atoms with E-state index in [4.69, 9.17) is 10.2 Å². The summed E-state index contributed by atoms with van der Waals surface area (Å²) in [6.45, 7) is 0.568. The highest BCUT2D eigenvalue weighted by Gasteiger charge is 2.45. The first-order chi connectivity index (χ1) is 7.87. The fourth-order valence-electron chi connectivity index (χ4n) is 2.28. The highest BCUT2D eigenvalue weighted by atomic mass is 16.4. The topological polar surface area (TPSA) is 94.9 Å². The van der Waals surface area contributed by atoms with Gasteiger partial charge in [-0.1, -0.05) is 0 Å². The van der Waals surface area contributed by atoms with Crippen LogP contribution >= 0.6 is 0 Å². The molecular weight excluding hydrogens is 226 g/mol. The van der Waals surface area contributed by atoms with Gasteiger partial charge in [0.2, 0.25) is 5.91 Å². The average Bonchev–Trinajstić information content (AvgIpc) is 2.52. The van der Waals surface area contributed by atoms with Crippen LogP contribution in [0.4, 0.5) is 0 Å². The Morgan fingerprint density at radius 2 is 1.71 bits per heavy atom. The number of hydrogen-bond acceptors (Lipinski definition) is 3. The molecule has 6 nitrogen and oxygen atoms in total. The Labute approximate surface area is 99.2 Å². The molecule has 0 aromatic heterocycles. The van der Waals surface area contributed by atoms with Crippen LogP contribution in [0.25, 0.3) is 0 Å². The van der Waals surface area contributed by atoms with E-state index in [0.29, 0.717) is 13.0 Å². The Kier molecular flexibility index (Phi) is 4.09. The fourth-order valence-corrected chi connectivity index (χ4v) is 2.28. The maximum Gasteiger partial charge on any atom is 0.303 e. The number of rotatable bonds is 6. The average molecular weight is 243 g/mol. The van der Waals surface area contributed by atoms with Gasteiger partial charge in [-0.25, -0.2) is 0 Å². The number of carboxylic acids is 2. The molecule has 1 aliphatic rings. The molecule has 96 valence electrons. The van der Waals surface area contributed by atoms with E-state index in [2.05, 4.69) is 0 Å². The molecule has 0 radical (unpaired) electrons. The van der Waals surface area contributed by atoms with Gasteiger partial charge in [-0.05, 0) is 19.3 Å². The number of nitrogens with zero attached hydrogens (tertiary/aromatic N) is 1. The minimum atomic E-state index is -0.956. The molecule has 1 heterocycles. The molecule has 0 unspecified atom stereocenters. The van der Waals surface area contributed by atoms with Gasteiger partial charge >= 0.3 is 11.9 Å². The molecule has 6 heteroatoms. The predicted octanol–water partition coefficient (Wildman–Crippen LogP) is 0.565. The number of carbonyl (C=O) groups is 3. The molecule has 0 aliphatic carbocycles. The first-order valence-corrected chi connectivity index (χ1v) is 5.56. The summed E-state index contributed by atoms with van der Waals surface area (Å²) < 4.78 is 0. The van der Waals surface area contributed by atoms with E-state index in [0.717, 1.165) is 0 Å². The second-order valence-corrected chi connectivity index (χ2v) is 4.54. The minimum absolute atomic E-state index is 0.0980. The standard InChI is InChI=1S/C11H17NO5/c1-12-7-6-11(10(12)17,4-2-8(13)14)5-3-9(15)16/h2-7H2,1H3,(H,13,14)(H,15,16). The lowest BCUT2D eigenvalue weighted by molar-refractivity contribution is -0.141. The smallest absolute Gasteiger partial charge is 0.303 e. The summed E-state index contributed by atoms with van der Waals surface area (Å²) >= 11 is 0. The van der Waals surface area contributed by atoms with Crippen LogP contribution in [0.15, 0.2) is 0 Å². The molecule has 0 bridgehead atoms. The molecule has 0 aromatic carbocycles. The van der Waals surface area contributed by atoms with Crippen molar-refractivity contribution in [3.8, 4) is 0 Å². The van der Waals surface area contributed by atoms with E-state index in [1.54, 1.807) is 11.9 Å². The van der Waals surface area contributed by atoms with Crippen LogP contribution in [0.2, 0.25) is 0 Å². The van der Waals surface area contributed by atoms with Crippen LogP contribution in [0.3, 0.4) is 0 Å². The first-order valence-electron chi connectivity index (χ1n) is 5.56. The number of carbonyl (C=O) groups excluding carboxylic acids is 1. The first kappa shape index (κ1) is 13.5. The van der Waals surface area contributed by atoms with E-state index in [-0.39, 0.29) is 31.6 Å². The summed E-state index contributed by atoms with van der Waals surface area (Å²) in [5.41, 5.74) is -0.786. The van der Waals surface area contributed by atoms with Gasteiger partial charge in [-0.2, -0.15) is 0 Å². The molecule has 17 heavy (non-hydrogen) atoms. The van der Waals surface area contributed by atoms with Crippen molar-refractivity contribution >= 4 is 17.8 Å². The van der Waals surface area contributed by atoms with Gasteiger partial charge in [0.15, 0.2) is 0 Å². The summed E-state index contributed by atoms with van der Waals surface area (Å²) in [7, 11) is 1.66. The zero-order valence-electron chi connectivity index (χ0n) is 9.81. The van der Waals surface area contributed by atoms with E-state index >= 15 is 0 Å². The Morgan fingerprint density at radius 3 is 2.00 bits per heavy atom. The molecule has 0 spiro atoms. The number of hydrogen-bond donors (Lipinski definition) is 2. The zero-order valence-corrected chi connectivity index (χ0v) is 9.81. The van der Waals surface area contributed by atoms with Crippen LogP contribution in [0.5, 0.6) is 0 Å². The van der Waals surface area contributed by atoms with E-state index in [9.17, 15) is 14.4 Å². The van der Waals surface area contributed by atoms with Gasteiger partial charge in [0.25, 0.3) is 0 Å². The number of carboxylic acid groups (broad SMARTS) is 2. The monoisotopic (exact) mass is 243 g/mol. The van der Waals surface area contributed by atoms with Crippen LogP contribution in [-0.4, -0.2) is 46.6 Å². The molecule has 0 atom stereocenters. The number of aliphatic carboxylic acids is 2. The van der Waals surface area contributed by atoms with Gasteiger partial charge in [0.05, 0.1) is 5.41 Å². The summed E-state index contributed by atoms with van der Waals surface area (Å²) in [6, 6.07) is 0. The van der Waals surface area contributed by atoms with Crippen LogP contribution in [0, 0.1) is 5.41 Å². The third-order valence-electron chi connectivity index (χ3n) is 3.36. The van der Waals surface area contributed by atoms with Crippen LogP contribution in [0.1, 0.15) is 32.1 Å². The van der Waals surface area contributed by atoms with Gasteiger partial charge in [0.1, 0.15) is 0 Å². The van der Waals surface area contributed by atoms with Crippen LogP contribution < -0.4 is 0 Å².